The van der Waals surface area contributed by atoms with Crippen LogP contribution in [0.3, 0.4) is 0 Å². The third-order valence-corrected chi connectivity index (χ3v) is 3.11. The van der Waals surface area contributed by atoms with Gasteiger partial charge >= 0.3 is 5.97 Å². The average Bonchev–Trinajstić information content (AvgIpc) is 2.36. The highest BCUT2D eigenvalue weighted by atomic mass is 16.4. The minimum Gasteiger partial charge on any atom is -0.481 e. The second-order valence-electron chi connectivity index (χ2n) is 4.22. The minimum absolute atomic E-state index is 0.487. The Kier molecular flexibility index (Phi) is 3.11. The van der Waals surface area contributed by atoms with Gasteiger partial charge in [-0.05, 0) is 16.3 Å². The third-order valence-electron chi connectivity index (χ3n) is 3.11. The number of carboxylic acid groups (broad SMARTS) is 1. The van der Waals surface area contributed by atoms with E-state index in [2.05, 4.69) is 0 Å². The van der Waals surface area contributed by atoms with Gasteiger partial charge in [-0.3, -0.25) is 4.79 Å². The average molecular weight is 229 g/mol. The Morgan fingerprint density at radius 2 is 1.82 bits per heavy atom. The molecule has 0 bridgehead atoms. The molecule has 0 radical (unpaired) electrons. The number of hydrogen-bond donors (Lipinski definition) is 2. The summed E-state index contributed by atoms with van der Waals surface area (Å²) in [6, 6.07) is 13.2. The lowest BCUT2D eigenvalue weighted by Gasteiger charge is -2.18. The minimum atomic E-state index is -0.870. The Labute approximate surface area is 99.9 Å². The van der Waals surface area contributed by atoms with E-state index in [1.54, 1.807) is 6.92 Å². The topological polar surface area (TPSA) is 63.3 Å². The lowest BCUT2D eigenvalue weighted by atomic mass is 9.91. The summed E-state index contributed by atoms with van der Waals surface area (Å²) < 4.78 is 0. The molecule has 0 aliphatic carbocycles. The lowest BCUT2D eigenvalue weighted by Crippen LogP contribution is -2.25. The van der Waals surface area contributed by atoms with Gasteiger partial charge in [-0.25, -0.2) is 0 Å². The van der Waals surface area contributed by atoms with E-state index in [4.69, 9.17) is 10.8 Å². The summed E-state index contributed by atoms with van der Waals surface area (Å²) in [5.74, 6) is -1.47. The monoisotopic (exact) mass is 229 g/mol. The number of aliphatic carboxylic acids is 1. The smallest absolute Gasteiger partial charge is 0.308 e. The number of fused-ring (bicyclic) bond motifs is 1. The summed E-state index contributed by atoms with van der Waals surface area (Å²) >= 11 is 0. The quantitative estimate of drug-likeness (QED) is 0.850. The normalized spacial score (nSPS) is 14.5. The van der Waals surface area contributed by atoms with Crippen LogP contribution in [0.2, 0.25) is 0 Å². The number of nitrogens with two attached hydrogens (primary N) is 1. The molecule has 0 aliphatic rings. The maximum Gasteiger partial charge on any atom is 0.308 e. The van der Waals surface area contributed by atoms with Crippen molar-refractivity contribution in [2.75, 3.05) is 0 Å². The summed E-state index contributed by atoms with van der Waals surface area (Å²) in [5.41, 5.74) is 6.91. The molecule has 2 unspecified atom stereocenters. The van der Waals surface area contributed by atoms with Gasteiger partial charge in [0.15, 0.2) is 0 Å². The van der Waals surface area contributed by atoms with Gasteiger partial charge in [-0.1, -0.05) is 49.4 Å². The Bertz CT molecular complexity index is 545. The second-order valence-corrected chi connectivity index (χ2v) is 4.22. The molecule has 3 heteroatoms. The van der Waals surface area contributed by atoms with Crippen LogP contribution in [0.1, 0.15) is 18.5 Å². The van der Waals surface area contributed by atoms with Crippen molar-refractivity contribution in [1.29, 1.82) is 0 Å². The van der Waals surface area contributed by atoms with E-state index >= 15 is 0 Å². The lowest BCUT2D eigenvalue weighted by molar-refractivity contribution is -0.141. The van der Waals surface area contributed by atoms with Crippen LogP contribution >= 0.6 is 0 Å². The van der Waals surface area contributed by atoms with Crippen molar-refractivity contribution in [3.8, 4) is 0 Å². The Morgan fingerprint density at radius 1 is 1.18 bits per heavy atom. The first-order chi connectivity index (χ1) is 8.11. The van der Waals surface area contributed by atoms with E-state index in [1.165, 1.54) is 0 Å². The molecule has 0 fully saturated rings. The van der Waals surface area contributed by atoms with Crippen LogP contribution < -0.4 is 5.73 Å². The first-order valence-corrected chi connectivity index (χ1v) is 5.57. The summed E-state index contributed by atoms with van der Waals surface area (Å²) in [5, 5.41) is 11.1. The molecule has 2 atom stereocenters. The molecule has 0 spiro atoms. The van der Waals surface area contributed by atoms with Crippen LogP contribution in [0, 0.1) is 5.92 Å². The number of carbonyl (C=O) groups is 1. The van der Waals surface area contributed by atoms with Crippen molar-refractivity contribution in [1.82, 2.24) is 0 Å². The number of hydrogen-bond acceptors (Lipinski definition) is 2. The van der Waals surface area contributed by atoms with E-state index in [9.17, 15) is 4.79 Å². The fourth-order valence-corrected chi connectivity index (χ4v) is 1.96. The molecular formula is C14H15NO2. The highest BCUT2D eigenvalue weighted by molar-refractivity contribution is 5.86. The molecule has 3 nitrogen and oxygen atoms in total. The first-order valence-electron chi connectivity index (χ1n) is 5.57. The van der Waals surface area contributed by atoms with Crippen molar-refractivity contribution in [2.45, 2.75) is 13.0 Å². The molecule has 0 saturated carbocycles. The highest BCUT2D eigenvalue weighted by Gasteiger charge is 2.22. The second kappa shape index (κ2) is 4.55. The van der Waals surface area contributed by atoms with Crippen LogP contribution in [-0.4, -0.2) is 11.1 Å². The zero-order valence-corrected chi connectivity index (χ0v) is 9.63. The first kappa shape index (κ1) is 11.6. The molecule has 0 amide bonds. The predicted molar refractivity (Wildman–Crippen MR) is 67.7 cm³/mol. The fraction of sp³-hybridized carbons (Fsp3) is 0.214. The van der Waals surface area contributed by atoms with E-state index in [-0.39, 0.29) is 0 Å². The van der Waals surface area contributed by atoms with E-state index in [1.807, 2.05) is 42.5 Å². The van der Waals surface area contributed by atoms with Crippen LogP contribution in [0.5, 0.6) is 0 Å². The Hall–Kier alpha value is -1.87. The van der Waals surface area contributed by atoms with E-state index < -0.39 is 17.9 Å². The molecule has 2 aromatic rings. The molecule has 2 rings (SSSR count). The standard InChI is InChI=1S/C14H15NO2/c1-9(14(16)17)13(15)12-8-4-6-10-5-2-3-7-11(10)12/h2-9,13H,15H2,1H3,(H,16,17). The van der Waals surface area contributed by atoms with Crippen LogP contribution in [-0.2, 0) is 4.79 Å². The van der Waals surface area contributed by atoms with Gasteiger partial charge < -0.3 is 10.8 Å². The number of carboxylic acids is 1. The van der Waals surface area contributed by atoms with Gasteiger partial charge in [0.2, 0.25) is 0 Å². The Balaban J connectivity index is 2.52. The molecule has 0 aromatic heterocycles. The van der Waals surface area contributed by atoms with E-state index in [0.29, 0.717) is 0 Å². The van der Waals surface area contributed by atoms with Crippen molar-refractivity contribution in [3.63, 3.8) is 0 Å². The third kappa shape index (κ3) is 2.15. The number of benzene rings is 2. The van der Waals surface area contributed by atoms with Crippen LogP contribution in [0.15, 0.2) is 42.5 Å². The summed E-state index contributed by atoms with van der Waals surface area (Å²) in [4.78, 5) is 11.0. The van der Waals surface area contributed by atoms with Crippen LogP contribution in [0.4, 0.5) is 0 Å². The highest BCUT2D eigenvalue weighted by Crippen LogP contribution is 2.27. The molecule has 0 heterocycles. The SMILES string of the molecule is CC(C(=O)O)C(N)c1cccc2ccccc12. The molecule has 17 heavy (non-hydrogen) atoms. The molecule has 3 N–H and O–H groups in total. The molecule has 0 aliphatic heterocycles. The van der Waals surface area contributed by atoms with E-state index in [0.717, 1.165) is 16.3 Å². The zero-order chi connectivity index (χ0) is 12.4. The fourth-order valence-electron chi connectivity index (χ4n) is 1.96. The van der Waals surface area contributed by atoms with Crippen LogP contribution in [0.25, 0.3) is 10.8 Å². The van der Waals surface area contributed by atoms with Crippen molar-refractivity contribution in [3.05, 3.63) is 48.0 Å². The van der Waals surface area contributed by atoms with Gasteiger partial charge in [0.05, 0.1) is 5.92 Å². The van der Waals surface area contributed by atoms with Crippen molar-refractivity contribution < 1.29 is 9.90 Å². The molecule has 0 saturated heterocycles. The van der Waals surface area contributed by atoms with Gasteiger partial charge in [0.1, 0.15) is 0 Å². The summed E-state index contributed by atoms with van der Waals surface area (Å²) in [7, 11) is 0. The maximum absolute atomic E-state index is 11.0. The zero-order valence-electron chi connectivity index (χ0n) is 9.63. The predicted octanol–water partition coefficient (Wildman–Crippen LogP) is 2.56. The van der Waals surface area contributed by atoms with Gasteiger partial charge in [0, 0.05) is 6.04 Å². The maximum atomic E-state index is 11.0. The Morgan fingerprint density at radius 3 is 2.53 bits per heavy atom. The van der Waals surface area contributed by atoms with Gasteiger partial charge in [-0.15, -0.1) is 0 Å². The largest absolute Gasteiger partial charge is 0.481 e. The van der Waals surface area contributed by atoms with Gasteiger partial charge in [0.25, 0.3) is 0 Å². The van der Waals surface area contributed by atoms with Crippen molar-refractivity contribution in [2.24, 2.45) is 11.7 Å². The van der Waals surface area contributed by atoms with Crippen molar-refractivity contribution >= 4 is 16.7 Å². The van der Waals surface area contributed by atoms with Gasteiger partial charge in [-0.2, -0.15) is 0 Å². The molecule has 88 valence electrons. The number of rotatable bonds is 3. The molecule has 2 aromatic carbocycles. The summed E-state index contributed by atoms with van der Waals surface area (Å²) in [6.07, 6.45) is 0. The summed E-state index contributed by atoms with van der Waals surface area (Å²) in [6.45, 7) is 1.63. The molecular weight excluding hydrogens is 214 g/mol.